The fourth-order valence-electron chi connectivity index (χ4n) is 4.42. The lowest BCUT2D eigenvalue weighted by molar-refractivity contribution is 0.189. The zero-order valence-electron chi connectivity index (χ0n) is 17.9. The maximum atomic E-state index is 4.62. The quantitative estimate of drug-likeness (QED) is 0.515. The van der Waals surface area contributed by atoms with E-state index in [-0.39, 0.29) is 5.92 Å². The summed E-state index contributed by atoms with van der Waals surface area (Å²) in [5.41, 5.74) is 2.63. The van der Waals surface area contributed by atoms with E-state index in [1.54, 1.807) is 0 Å². The van der Waals surface area contributed by atoms with Gasteiger partial charge in [-0.1, -0.05) is 67.6 Å². The minimum atomic E-state index is 0.275. The number of rotatable bonds is 5. The number of nitrogens with one attached hydrogen (secondary N) is 1. The van der Waals surface area contributed by atoms with Crippen molar-refractivity contribution in [2.75, 3.05) is 26.7 Å². The predicted octanol–water partition coefficient (Wildman–Crippen LogP) is 4.17. The van der Waals surface area contributed by atoms with Crippen LogP contribution in [0.5, 0.6) is 0 Å². The van der Waals surface area contributed by atoms with Gasteiger partial charge in [-0.3, -0.25) is 4.99 Å². The van der Waals surface area contributed by atoms with Crippen LogP contribution in [0.1, 0.15) is 36.4 Å². The van der Waals surface area contributed by atoms with E-state index >= 15 is 0 Å². The Balaban J connectivity index is 1.48. The number of likely N-dealkylation sites (tertiary alicyclic amines) is 1. The fraction of sp³-hybridized carbons (Fsp3) is 0.360. The molecule has 0 bridgehead atoms. The number of aliphatic imine (C=N–C) groups is 1. The average Bonchev–Trinajstić information content (AvgIpc) is 3.33. The SMILES string of the molecule is CN=C(NCC(c1ccccc1)c1ccccc1)N1CCC(C)C(n2ccnc2)C1. The third-order valence-electron chi connectivity index (χ3n) is 6.21. The molecular formula is C25H31N5. The third-order valence-corrected chi connectivity index (χ3v) is 6.21. The molecule has 1 aromatic heterocycles. The van der Waals surface area contributed by atoms with Gasteiger partial charge in [0.1, 0.15) is 0 Å². The van der Waals surface area contributed by atoms with E-state index in [0.717, 1.165) is 32.0 Å². The number of hydrogen-bond acceptors (Lipinski definition) is 2. The molecule has 1 saturated heterocycles. The molecule has 0 radical (unpaired) electrons. The van der Waals surface area contributed by atoms with Crippen LogP contribution in [0.3, 0.4) is 0 Å². The smallest absolute Gasteiger partial charge is 0.193 e. The van der Waals surface area contributed by atoms with Crippen LogP contribution in [0.4, 0.5) is 0 Å². The minimum absolute atomic E-state index is 0.275. The van der Waals surface area contributed by atoms with Crippen LogP contribution in [-0.4, -0.2) is 47.1 Å². The highest BCUT2D eigenvalue weighted by molar-refractivity contribution is 5.80. The first-order chi connectivity index (χ1) is 14.8. The Labute approximate surface area is 179 Å². The summed E-state index contributed by atoms with van der Waals surface area (Å²) in [6, 6.07) is 21.8. The summed E-state index contributed by atoms with van der Waals surface area (Å²) in [7, 11) is 1.88. The van der Waals surface area contributed by atoms with Gasteiger partial charge in [0.25, 0.3) is 0 Å². The maximum absolute atomic E-state index is 4.62. The van der Waals surface area contributed by atoms with E-state index in [0.29, 0.717) is 12.0 Å². The van der Waals surface area contributed by atoms with Gasteiger partial charge in [-0.25, -0.2) is 4.98 Å². The number of piperidine rings is 1. The number of benzene rings is 2. The molecule has 156 valence electrons. The van der Waals surface area contributed by atoms with Crippen molar-refractivity contribution in [2.45, 2.75) is 25.3 Å². The first-order valence-electron chi connectivity index (χ1n) is 10.8. The average molecular weight is 402 g/mol. The van der Waals surface area contributed by atoms with Crippen molar-refractivity contribution in [1.29, 1.82) is 0 Å². The zero-order valence-corrected chi connectivity index (χ0v) is 17.9. The lowest BCUT2D eigenvalue weighted by Gasteiger charge is -2.39. The van der Waals surface area contributed by atoms with Crippen LogP contribution in [-0.2, 0) is 0 Å². The number of guanidine groups is 1. The monoisotopic (exact) mass is 401 g/mol. The Hall–Kier alpha value is -3.08. The lowest BCUT2D eigenvalue weighted by Crippen LogP contribution is -2.49. The minimum Gasteiger partial charge on any atom is -0.355 e. The molecule has 2 unspecified atom stereocenters. The Kier molecular flexibility index (Phi) is 6.47. The second kappa shape index (κ2) is 9.61. The van der Waals surface area contributed by atoms with Crippen molar-refractivity contribution in [3.8, 4) is 0 Å². The van der Waals surface area contributed by atoms with E-state index in [1.807, 2.05) is 19.6 Å². The van der Waals surface area contributed by atoms with Crippen LogP contribution < -0.4 is 5.32 Å². The summed E-state index contributed by atoms with van der Waals surface area (Å²) in [5, 5.41) is 3.67. The molecule has 5 nitrogen and oxygen atoms in total. The molecule has 0 saturated carbocycles. The molecule has 30 heavy (non-hydrogen) atoms. The standard InChI is InChI=1S/C25H31N5/c1-20-13-15-29(18-24(20)30-16-14-27-19-30)25(26-2)28-17-23(21-9-5-3-6-10-21)22-11-7-4-8-12-22/h3-12,14,16,19-20,23-24H,13,15,17-18H2,1-2H3,(H,26,28). The zero-order chi connectivity index (χ0) is 20.8. The molecular weight excluding hydrogens is 370 g/mol. The molecule has 0 spiro atoms. The summed E-state index contributed by atoms with van der Waals surface area (Å²) >= 11 is 0. The molecule has 5 heteroatoms. The van der Waals surface area contributed by atoms with Crippen LogP contribution in [0.15, 0.2) is 84.4 Å². The molecule has 2 aromatic carbocycles. The van der Waals surface area contributed by atoms with Crippen LogP contribution in [0.2, 0.25) is 0 Å². The highest BCUT2D eigenvalue weighted by Gasteiger charge is 2.29. The topological polar surface area (TPSA) is 45.5 Å². The van der Waals surface area contributed by atoms with Gasteiger partial charge in [-0.15, -0.1) is 0 Å². The highest BCUT2D eigenvalue weighted by atomic mass is 15.3. The number of aromatic nitrogens is 2. The first kappa shape index (κ1) is 20.2. The summed E-state index contributed by atoms with van der Waals surface area (Å²) in [5.74, 6) is 1.87. The summed E-state index contributed by atoms with van der Waals surface area (Å²) in [4.78, 5) is 11.3. The number of nitrogens with zero attached hydrogens (tertiary/aromatic N) is 4. The van der Waals surface area contributed by atoms with Gasteiger partial charge in [0.2, 0.25) is 0 Å². The van der Waals surface area contributed by atoms with Gasteiger partial charge in [0.05, 0.1) is 12.4 Å². The van der Waals surface area contributed by atoms with Crippen molar-refractivity contribution in [3.05, 3.63) is 90.5 Å². The van der Waals surface area contributed by atoms with E-state index in [1.165, 1.54) is 11.1 Å². The highest BCUT2D eigenvalue weighted by Crippen LogP contribution is 2.28. The van der Waals surface area contributed by atoms with Gasteiger partial charge >= 0.3 is 0 Å². The Morgan fingerprint density at radius 2 is 1.77 bits per heavy atom. The lowest BCUT2D eigenvalue weighted by atomic mass is 9.91. The van der Waals surface area contributed by atoms with Gasteiger partial charge in [-0.2, -0.15) is 0 Å². The van der Waals surface area contributed by atoms with Gasteiger partial charge in [0.15, 0.2) is 5.96 Å². The van der Waals surface area contributed by atoms with E-state index in [4.69, 9.17) is 0 Å². The van der Waals surface area contributed by atoms with Gasteiger partial charge in [-0.05, 0) is 23.5 Å². The van der Waals surface area contributed by atoms with Gasteiger partial charge in [0, 0.05) is 45.0 Å². The molecule has 2 atom stereocenters. The van der Waals surface area contributed by atoms with Crippen molar-refractivity contribution in [2.24, 2.45) is 10.9 Å². The summed E-state index contributed by atoms with van der Waals surface area (Å²) < 4.78 is 2.24. The number of imidazole rings is 1. The molecule has 1 fully saturated rings. The largest absolute Gasteiger partial charge is 0.355 e. The Morgan fingerprint density at radius 1 is 1.10 bits per heavy atom. The molecule has 2 heterocycles. The maximum Gasteiger partial charge on any atom is 0.193 e. The molecule has 1 aliphatic rings. The van der Waals surface area contributed by atoms with Crippen molar-refractivity contribution in [3.63, 3.8) is 0 Å². The van der Waals surface area contributed by atoms with E-state index < -0.39 is 0 Å². The van der Waals surface area contributed by atoms with E-state index in [2.05, 4.69) is 98.5 Å². The van der Waals surface area contributed by atoms with Crippen molar-refractivity contribution in [1.82, 2.24) is 19.8 Å². The number of hydrogen-bond donors (Lipinski definition) is 1. The molecule has 3 aromatic rings. The van der Waals surface area contributed by atoms with Crippen LogP contribution in [0, 0.1) is 5.92 Å². The van der Waals surface area contributed by atoms with E-state index in [9.17, 15) is 0 Å². The molecule has 1 aliphatic heterocycles. The first-order valence-corrected chi connectivity index (χ1v) is 10.8. The Bertz CT molecular complexity index is 881. The predicted molar refractivity (Wildman–Crippen MR) is 123 cm³/mol. The molecule has 0 amide bonds. The normalized spacial score (nSPS) is 19.8. The van der Waals surface area contributed by atoms with Crippen molar-refractivity contribution >= 4 is 5.96 Å². The van der Waals surface area contributed by atoms with Gasteiger partial charge < -0.3 is 14.8 Å². The summed E-state index contributed by atoms with van der Waals surface area (Å²) in [6.07, 6.45) is 7.01. The molecule has 4 rings (SSSR count). The third kappa shape index (κ3) is 4.56. The second-order valence-electron chi connectivity index (χ2n) is 8.09. The second-order valence-corrected chi connectivity index (χ2v) is 8.09. The Morgan fingerprint density at radius 3 is 2.33 bits per heavy atom. The molecule has 0 aliphatic carbocycles. The molecule has 1 N–H and O–H groups in total. The van der Waals surface area contributed by atoms with Crippen LogP contribution >= 0.6 is 0 Å². The fourth-order valence-corrected chi connectivity index (χ4v) is 4.42. The van der Waals surface area contributed by atoms with Crippen molar-refractivity contribution < 1.29 is 0 Å². The van der Waals surface area contributed by atoms with Crippen LogP contribution in [0.25, 0.3) is 0 Å². The summed E-state index contributed by atoms with van der Waals surface area (Å²) in [6.45, 7) is 5.10.